The van der Waals surface area contributed by atoms with Crippen LogP contribution in [0.1, 0.15) is 21.6 Å². The van der Waals surface area contributed by atoms with Gasteiger partial charge in [-0.05, 0) is 42.5 Å². The Kier molecular flexibility index (Phi) is 8.40. The van der Waals surface area contributed by atoms with Gasteiger partial charge in [-0.2, -0.15) is 13.2 Å². The summed E-state index contributed by atoms with van der Waals surface area (Å²) in [4.78, 5) is 23.8. The second-order valence-corrected chi connectivity index (χ2v) is 11.4. The number of hydrogen-bond acceptors (Lipinski definition) is 7. The van der Waals surface area contributed by atoms with Crippen LogP contribution in [0.5, 0.6) is 5.75 Å². The Morgan fingerprint density at radius 1 is 0.886 bits per heavy atom. The molecule has 2 aromatic heterocycles. The lowest BCUT2D eigenvalue weighted by atomic mass is 10.1. The molecule has 0 saturated carbocycles. The van der Waals surface area contributed by atoms with Gasteiger partial charge in [0.2, 0.25) is 0 Å². The monoisotopic (exact) mass is 639 g/mol. The van der Waals surface area contributed by atoms with Crippen LogP contribution in [0.4, 0.5) is 32.0 Å². The average molecular weight is 640 g/mol. The number of nitrogens with one attached hydrogen (secondary N) is 1. The van der Waals surface area contributed by atoms with E-state index < -0.39 is 45.5 Å². The lowest BCUT2D eigenvalue weighted by molar-refractivity contribution is -0.274. The first-order valence-electron chi connectivity index (χ1n) is 13.0. The molecule has 1 saturated heterocycles. The number of ether oxygens (including phenoxy) is 1. The van der Waals surface area contributed by atoms with Crippen LogP contribution in [0.3, 0.4) is 0 Å². The third kappa shape index (κ3) is 7.02. The van der Waals surface area contributed by atoms with Gasteiger partial charge >= 0.3 is 12.5 Å². The van der Waals surface area contributed by atoms with Gasteiger partial charge < -0.3 is 9.64 Å². The first kappa shape index (κ1) is 31.0. The molecular formula is C28H23F6N5O4S. The van der Waals surface area contributed by atoms with E-state index in [0.29, 0.717) is 5.39 Å². The Morgan fingerprint density at radius 3 is 2.27 bits per heavy atom. The maximum atomic E-state index is 13.3. The van der Waals surface area contributed by atoms with Crippen LogP contribution in [-0.2, 0) is 22.7 Å². The fourth-order valence-electron chi connectivity index (χ4n) is 4.77. The highest BCUT2D eigenvalue weighted by Crippen LogP contribution is 2.35. The zero-order chi connectivity index (χ0) is 31.7. The fraction of sp³-hybridized carbons (Fsp3) is 0.250. The minimum Gasteiger partial charge on any atom is -0.404 e. The van der Waals surface area contributed by atoms with Gasteiger partial charge in [-0.25, -0.2) is 8.42 Å². The number of halogens is 6. The summed E-state index contributed by atoms with van der Waals surface area (Å²) in [5, 5.41) is 0.490. The predicted octanol–water partition coefficient (Wildman–Crippen LogP) is 5.31. The number of carbonyl (C=O) groups is 1. The Labute approximate surface area is 247 Å². The molecule has 5 rings (SSSR count). The summed E-state index contributed by atoms with van der Waals surface area (Å²) in [5.74, 6) is -1.62. The van der Waals surface area contributed by atoms with Crippen molar-refractivity contribution in [1.29, 1.82) is 0 Å². The van der Waals surface area contributed by atoms with Crippen LogP contribution in [0.15, 0.2) is 78.0 Å². The van der Waals surface area contributed by atoms with E-state index in [9.17, 15) is 39.6 Å². The van der Waals surface area contributed by atoms with E-state index in [1.54, 1.807) is 23.1 Å². The summed E-state index contributed by atoms with van der Waals surface area (Å²) in [6.07, 6.45) is -7.16. The Hall–Kier alpha value is -4.44. The average Bonchev–Trinajstić information content (AvgIpc) is 2.96. The Morgan fingerprint density at radius 2 is 1.57 bits per heavy atom. The van der Waals surface area contributed by atoms with Crippen LogP contribution in [0.25, 0.3) is 10.9 Å². The molecule has 1 aliphatic heterocycles. The Balaban J connectivity index is 1.33. The maximum absolute atomic E-state index is 13.3. The van der Waals surface area contributed by atoms with E-state index >= 15 is 0 Å². The molecule has 16 heteroatoms. The van der Waals surface area contributed by atoms with Crippen molar-refractivity contribution < 1.29 is 44.3 Å². The number of piperazine rings is 1. The summed E-state index contributed by atoms with van der Waals surface area (Å²) in [5.41, 5.74) is -1.69. The van der Waals surface area contributed by atoms with Gasteiger partial charge in [0.25, 0.3) is 15.9 Å². The first-order chi connectivity index (χ1) is 20.7. The third-order valence-electron chi connectivity index (χ3n) is 6.81. The van der Waals surface area contributed by atoms with Crippen molar-refractivity contribution in [2.75, 3.05) is 30.9 Å². The number of nitrogens with zero attached hydrogens (tertiary/aromatic N) is 4. The summed E-state index contributed by atoms with van der Waals surface area (Å²) >= 11 is 0. The van der Waals surface area contributed by atoms with Crippen LogP contribution >= 0.6 is 0 Å². The molecular weight excluding hydrogens is 616 g/mol. The van der Waals surface area contributed by atoms with Gasteiger partial charge in [0.15, 0.2) is 5.75 Å². The van der Waals surface area contributed by atoms with Crippen LogP contribution in [0, 0.1) is 0 Å². The summed E-state index contributed by atoms with van der Waals surface area (Å²) < 4.78 is 113. The van der Waals surface area contributed by atoms with Crippen molar-refractivity contribution >= 4 is 32.5 Å². The van der Waals surface area contributed by atoms with Crippen molar-refractivity contribution in [2.24, 2.45) is 0 Å². The third-order valence-corrected chi connectivity index (χ3v) is 8.21. The number of hydrogen-bond donors (Lipinski definition) is 1. The normalized spacial score (nSPS) is 14.9. The Bertz CT molecular complexity index is 1790. The van der Waals surface area contributed by atoms with Crippen molar-refractivity contribution in [3.8, 4) is 5.75 Å². The number of sulfonamides is 1. The van der Waals surface area contributed by atoms with Crippen molar-refractivity contribution in [3.05, 3.63) is 89.9 Å². The van der Waals surface area contributed by atoms with E-state index in [4.69, 9.17) is 0 Å². The van der Waals surface area contributed by atoms with Gasteiger partial charge in [-0.3, -0.25) is 24.4 Å². The second kappa shape index (κ2) is 11.9. The second-order valence-electron chi connectivity index (χ2n) is 9.76. The number of aromatic nitrogens is 2. The molecule has 44 heavy (non-hydrogen) atoms. The number of carbonyl (C=O) groups excluding carboxylic acids is 1. The molecule has 0 spiro atoms. The van der Waals surface area contributed by atoms with Gasteiger partial charge in [0.1, 0.15) is 4.90 Å². The zero-order valence-corrected chi connectivity index (χ0v) is 23.4. The molecule has 232 valence electrons. The number of anilines is 1. The van der Waals surface area contributed by atoms with Gasteiger partial charge in [0, 0.05) is 56.1 Å². The van der Waals surface area contributed by atoms with E-state index in [-0.39, 0.29) is 54.4 Å². The van der Waals surface area contributed by atoms with Gasteiger partial charge in [-0.1, -0.05) is 18.2 Å². The highest BCUT2D eigenvalue weighted by Gasteiger charge is 2.36. The number of benzene rings is 2. The fourth-order valence-corrected chi connectivity index (χ4v) is 6.02. The summed E-state index contributed by atoms with van der Waals surface area (Å²) in [7, 11) is -4.45. The molecule has 3 heterocycles. The molecule has 2 aromatic carbocycles. The molecule has 0 aliphatic carbocycles. The number of amides is 1. The number of alkyl halides is 6. The highest BCUT2D eigenvalue weighted by molar-refractivity contribution is 7.93. The highest BCUT2D eigenvalue weighted by atomic mass is 32.2. The van der Waals surface area contributed by atoms with Crippen molar-refractivity contribution in [3.63, 3.8) is 0 Å². The minimum atomic E-state index is -5.21. The predicted molar refractivity (Wildman–Crippen MR) is 146 cm³/mol. The molecule has 0 bridgehead atoms. The SMILES string of the molecule is O=C(c1ccc(NS(=O)(=O)c2cccc3cccnc23)c(OC(F)(F)F)c1)N1CCN(Cc2ncccc2C(F)(F)F)CC1. The molecule has 4 aromatic rings. The number of fused-ring (bicyclic) bond motifs is 1. The molecule has 9 nitrogen and oxygen atoms in total. The lowest BCUT2D eigenvalue weighted by Crippen LogP contribution is -2.48. The standard InChI is InChI=1S/C28H23F6N5O4S/c29-27(30,31)20-6-3-10-35-22(20)17-38-12-14-39(15-13-38)26(40)19-8-9-21(23(16-19)43-28(32,33)34)37-44(41,42)24-7-1-4-18-5-2-11-36-25(18)24/h1-11,16,37H,12-15,17H2. The van der Waals surface area contributed by atoms with Crippen molar-refractivity contribution in [1.82, 2.24) is 19.8 Å². The van der Waals surface area contributed by atoms with E-state index in [1.165, 1.54) is 35.5 Å². The minimum absolute atomic E-state index is 0.0743. The zero-order valence-electron chi connectivity index (χ0n) is 22.6. The molecule has 0 radical (unpaired) electrons. The first-order valence-corrected chi connectivity index (χ1v) is 14.5. The summed E-state index contributed by atoms with van der Waals surface area (Å²) in [6, 6.07) is 12.6. The smallest absolute Gasteiger partial charge is 0.404 e. The van der Waals surface area contributed by atoms with Crippen LogP contribution in [0.2, 0.25) is 0 Å². The molecule has 1 fully saturated rings. The molecule has 1 amide bonds. The number of pyridine rings is 2. The lowest BCUT2D eigenvalue weighted by Gasteiger charge is -2.35. The van der Waals surface area contributed by atoms with Crippen molar-refractivity contribution in [2.45, 2.75) is 24.0 Å². The molecule has 1 N–H and O–H groups in total. The van der Waals surface area contributed by atoms with Crippen LogP contribution < -0.4 is 9.46 Å². The molecule has 0 atom stereocenters. The topological polar surface area (TPSA) is 105 Å². The number of rotatable bonds is 7. The molecule has 0 unspecified atom stereocenters. The largest absolute Gasteiger partial charge is 0.573 e. The van der Waals surface area contributed by atoms with E-state index in [2.05, 4.69) is 19.4 Å². The quantitative estimate of drug-likeness (QED) is 0.274. The van der Waals surface area contributed by atoms with Crippen LogP contribution in [-0.4, -0.2) is 66.6 Å². The van der Waals surface area contributed by atoms with E-state index in [0.717, 1.165) is 24.3 Å². The van der Waals surface area contributed by atoms with E-state index in [1.807, 2.05) is 0 Å². The van der Waals surface area contributed by atoms with Gasteiger partial charge in [-0.15, -0.1) is 13.2 Å². The van der Waals surface area contributed by atoms with Gasteiger partial charge in [0.05, 0.1) is 22.5 Å². The summed E-state index contributed by atoms with van der Waals surface area (Å²) in [6.45, 7) is 0.406. The number of para-hydroxylation sites is 1. The molecule has 1 aliphatic rings. The maximum Gasteiger partial charge on any atom is 0.573 e.